The Bertz CT molecular complexity index is 1900. The number of allylic oxidation sites excluding steroid dienone is 30. The van der Waals surface area contributed by atoms with Crippen LogP contribution in [0.4, 0.5) is 0 Å². The van der Waals surface area contributed by atoms with E-state index in [0.29, 0.717) is 19.3 Å². The maximum atomic E-state index is 12.9. The standard InChI is InChI=1S/C75H116O6/c1-4-7-10-13-16-19-22-25-28-31-33-34-35-36-37-38-39-40-42-44-47-50-53-56-59-62-65-68-74(77)80-71-72(70-79-73(76)67-64-61-58-55-52-49-46-43-30-27-24-21-18-15-12-9-6-3)81-75(78)69-66-63-60-57-54-51-48-45-41-32-29-26-23-20-17-14-11-8-5-2/h7-8,10-11,16-21,25-30,33-34,36-37,39-41,44-45,47,51,53-54,56,72H,4-6,9,12-15,22-24,31-32,35,38,42-43,46,48-50,52,55,57-71H2,1-3H3/b10-7-,11-8-,19-16-,20-17-,21-18-,28-25-,29-26-,30-27-,34-33-,37-36-,40-39-,45-41-,47-44-,54-51-,56-53-. The highest BCUT2D eigenvalue weighted by Gasteiger charge is 2.19. The molecule has 0 aliphatic rings. The van der Waals surface area contributed by atoms with E-state index >= 15 is 0 Å². The van der Waals surface area contributed by atoms with Gasteiger partial charge in [-0.3, -0.25) is 14.4 Å². The van der Waals surface area contributed by atoms with Gasteiger partial charge in [-0.15, -0.1) is 0 Å². The fourth-order valence-electron chi connectivity index (χ4n) is 8.10. The van der Waals surface area contributed by atoms with Gasteiger partial charge in [0.15, 0.2) is 6.10 Å². The number of esters is 3. The van der Waals surface area contributed by atoms with Gasteiger partial charge < -0.3 is 14.2 Å². The van der Waals surface area contributed by atoms with E-state index in [4.69, 9.17) is 14.2 Å². The van der Waals surface area contributed by atoms with Gasteiger partial charge in [-0.25, -0.2) is 0 Å². The quantitative estimate of drug-likeness (QED) is 0.0261. The van der Waals surface area contributed by atoms with E-state index in [1.807, 2.05) is 0 Å². The van der Waals surface area contributed by atoms with Gasteiger partial charge in [-0.2, -0.15) is 0 Å². The van der Waals surface area contributed by atoms with E-state index in [1.165, 1.54) is 51.4 Å². The molecular weight excluding hydrogens is 997 g/mol. The summed E-state index contributed by atoms with van der Waals surface area (Å²) in [5.74, 6) is -1.01. The molecule has 0 saturated heterocycles. The van der Waals surface area contributed by atoms with Crippen molar-refractivity contribution >= 4 is 17.9 Å². The van der Waals surface area contributed by atoms with E-state index < -0.39 is 6.10 Å². The molecule has 0 bridgehead atoms. The number of hydrogen-bond donors (Lipinski definition) is 0. The average Bonchev–Trinajstić information content (AvgIpc) is 3.47. The highest BCUT2D eigenvalue weighted by Crippen LogP contribution is 2.13. The first-order valence-corrected chi connectivity index (χ1v) is 32.3. The van der Waals surface area contributed by atoms with Gasteiger partial charge in [-0.05, 0) is 161 Å². The van der Waals surface area contributed by atoms with Crippen LogP contribution >= 0.6 is 0 Å². The molecule has 0 radical (unpaired) electrons. The van der Waals surface area contributed by atoms with Crippen molar-refractivity contribution in [1.29, 1.82) is 0 Å². The van der Waals surface area contributed by atoms with Crippen molar-refractivity contribution in [3.8, 4) is 0 Å². The molecule has 452 valence electrons. The molecule has 0 aromatic heterocycles. The van der Waals surface area contributed by atoms with Crippen molar-refractivity contribution in [3.05, 3.63) is 182 Å². The van der Waals surface area contributed by atoms with E-state index in [1.54, 1.807) is 0 Å². The molecule has 0 rings (SSSR count). The van der Waals surface area contributed by atoms with Crippen LogP contribution in [0.15, 0.2) is 182 Å². The SMILES string of the molecule is CC/C=C\C/C=C\C/C=C\C/C=C\C/C=C\C/C=C\C/C=C\C/C=C\CCCCC(=O)OCC(COC(=O)CCCCCCCCC/C=C\C/C=C\CCCCC)OC(=O)CCCCC/C=C\C/C=C\C/C=C\C/C=C\C/C=C\CC. The highest BCUT2D eigenvalue weighted by atomic mass is 16.6. The first kappa shape index (κ1) is 75.5. The molecule has 0 aliphatic heterocycles. The zero-order valence-corrected chi connectivity index (χ0v) is 51.7. The molecule has 0 N–H and O–H groups in total. The van der Waals surface area contributed by atoms with Gasteiger partial charge in [0.2, 0.25) is 0 Å². The molecule has 0 heterocycles. The third-order valence-corrected chi connectivity index (χ3v) is 12.9. The predicted molar refractivity (Wildman–Crippen MR) is 352 cm³/mol. The lowest BCUT2D eigenvalue weighted by Crippen LogP contribution is -2.30. The molecule has 81 heavy (non-hydrogen) atoms. The van der Waals surface area contributed by atoms with Crippen LogP contribution in [0.2, 0.25) is 0 Å². The summed E-state index contributed by atoms with van der Waals surface area (Å²) in [5.41, 5.74) is 0. The maximum Gasteiger partial charge on any atom is 0.306 e. The van der Waals surface area contributed by atoms with Crippen LogP contribution in [0.25, 0.3) is 0 Å². The summed E-state index contributed by atoms with van der Waals surface area (Å²) in [7, 11) is 0. The Morgan fingerprint density at radius 1 is 0.259 bits per heavy atom. The van der Waals surface area contributed by atoms with Crippen molar-refractivity contribution < 1.29 is 28.6 Å². The van der Waals surface area contributed by atoms with Crippen molar-refractivity contribution in [1.82, 2.24) is 0 Å². The lowest BCUT2D eigenvalue weighted by Gasteiger charge is -2.18. The fraction of sp³-hybridized carbons (Fsp3) is 0.560. The predicted octanol–water partition coefficient (Wildman–Crippen LogP) is 22.4. The molecule has 0 saturated carbocycles. The first-order chi connectivity index (χ1) is 40.0. The van der Waals surface area contributed by atoms with Crippen LogP contribution in [0.1, 0.15) is 252 Å². The summed E-state index contributed by atoms with van der Waals surface area (Å²) in [4.78, 5) is 38.4. The van der Waals surface area contributed by atoms with Crippen LogP contribution in [-0.4, -0.2) is 37.2 Å². The van der Waals surface area contributed by atoms with Gasteiger partial charge in [0.1, 0.15) is 13.2 Å². The molecule has 0 aromatic carbocycles. The van der Waals surface area contributed by atoms with Gasteiger partial charge in [0, 0.05) is 19.3 Å². The number of carbonyl (C=O) groups excluding carboxylic acids is 3. The number of ether oxygens (including phenoxy) is 3. The largest absolute Gasteiger partial charge is 0.462 e. The summed E-state index contributed by atoms with van der Waals surface area (Å²) >= 11 is 0. The van der Waals surface area contributed by atoms with Crippen molar-refractivity contribution in [3.63, 3.8) is 0 Å². The normalized spacial score (nSPS) is 13.4. The minimum absolute atomic E-state index is 0.119. The Kier molecular flexibility index (Phi) is 62.5. The summed E-state index contributed by atoms with van der Waals surface area (Å²) in [6.45, 7) is 6.31. The Labute approximate surface area is 497 Å². The number of hydrogen-bond acceptors (Lipinski definition) is 6. The van der Waals surface area contributed by atoms with Gasteiger partial charge >= 0.3 is 17.9 Å². The number of unbranched alkanes of at least 4 members (excludes halogenated alkanes) is 15. The second-order valence-corrected chi connectivity index (χ2v) is 20.5. The third-order valence-electron chi connectivity index (χ3n) is 12.9. The third kappa shape index (κ3) is 65.2. The van der Waals surface area contributed by atoms with Crippen LogP contribution in [0.3, 0.4) is 0 Å². The molecule has 0 fully saturated rings. The summed E-state index contributed by atoms with van der Waals surface area (Å²) in [6.07, 6.45) is 100. The molecule has 0 aromatic rings. The van der Waals surface area contributed by atoms with Crippen molar-refractivity contribution in [2.45, 2.75) is 258 Å². The fourth-order valence-corrected chi connectivity index (χ4v) is 8.10. The van der Waals surface area contributed by atoms with Crippen LogP contribution in [0, 0.1) is 0 Å². The lowest BCUT2D eigenvalue weighted by atomic mass is 10.1. The smallest absolute Gasteiger partial charge is 0.306 e. The number of rotatable bonds is 56. The van der Waals surface area contributed by atoms with Crippen LogP contribution in [-0.2, 0) is 28.6 Å². The summed E-state index contributed by atoms with van der Waals surface area (Å²) < 4.78 is 16.9. The van der Waals surface area contributed by atoms with E-state index in [0.717, 1.165) is 148 Å². The monoisotopic (exact) mass is 1110 g/mol. The Morgan fingerprint density at radius 3 is 0.790 bits per heavy atom. The molecule has 1 atom stereocenters. The van der Waals surface area contributed by atoms with Crippen molar-refractivity contribution in [2.24, 2.45) is 0 Å². The zero-order chi connectivity index (χ0) is 58.5. The molecule has 6 heteroatoms. The maximum absolute atomic E-state index is 12.9. The minimum atomic E-state index is -0.830. The van der Waals surface area contributed by atoms with E-state index in [2.05, 4.69) is 203 Å². The first-order valence-electron chi connectivity index (χ1n) is 32.3. The summed E-state index contributed by atoms with van der Waals surface area (Å²) in [6, 6.07) is 0. The van der Waals surface area contributed by atoms with Crippen LogP contribution < -0.4 is 0 Å². The van der Waals surface area contributed by atoms with E-state index in [9.17, 15) is 14.4 Å². The number of carbonyl (C=O) groups is 3. The Hall–Kier alpha value is -5.49. The highest BCUT2D eigenvalue weighted by molar-refractivity contribution is 5.71. The topological polar surface area (TPSA) is 78.9 Å². The molecule has 0 aliphatic carbocycles. The lowest BCUT2D eigenvalue weighted by molar-refractivity contribution is -0.167. The zero-order valence-electron chi connectivity index (χ0n) is 51.7. The Balaban J connectivity index is 4.56. The van der Waals surface area contributed by atoms with Gasteiger partial charge in [-0.1, -0.05) is 254 Å². The molecule has 0 spiro atoms. The van der Waals surface area contributed by atoms with Crippen molar-refractivity contribution in [2.75, 3.05) is 13.2 Å². The molecular formula is C75H116O6. The summed E-state index contributed by atoms with van der Waals surface area (Å²) in [5, 5.41) is 0. The second kappa shape index (κ2) is 67.0. The minimum Gasteiger partial charge on any atom is -0.462 e. The van der Waals surface area contributed by atoms with E-state index in [-0.39, 0.29) is 44.0 Å². The van der Waals surface area contributed by atoms with Gasteiger partial charge in [0.05, 0.1) is 0 Å². The molecule has 0 amide bonds. The molecule has 6 nitrogen and oxygen atoms in total. The Morgan fingerprint density at radius 2 is 0.481 bits per heavy atom. The van der Waals surface area contributed by atoms with Gasteiger partial charge in [0.25, 0.3) is 0 Å². The average molecular weight is 1110 g/mol. The van der Waals surface area contributed by atoms with Crippen LogP contribution in [0.5, 0.6) is 0 Å². The molecule has 1 unspecified atom stereocenters. The second-order valence-electron chi connectivity index (χ2n) is 20.5.